The first-order chi connectivity index (χ1) is 9.06. The Morgan fingerprint density at radius 1 is 1.42 bits per heavy atom. The molecule has 0 amide bonds. The summed E-state index contributed by atoms with van der Waals surface area (Å²) in [7, 11) is 0. The maximum absolute atomic E-state index is 5.76. The fraction of sp³-hybridized carbons (Fsp3) is 0.385. The van der Waals surface area contributed by atoms with Crippen molar-refractivity contribution in [2.75, 3.05) is 17.3 Å². The van der Waals surface area contributed by atoms with Crippen molar-refractivity contribution in [3.63, 3.8) is 0 Å². The summed E-state index contributed by atoms with van der Waals surface area (Å²) < 4.78 is 0. The Labute approximate surface area is 121 Å². The second kappa shape index (κ2) is 6.25. The third-order valence-electron chi connectivity index (χ3n) is 2.61. The molecule has 0 saturated carbocycles. The van der Waals surface area contributed by atoms with E-state index >= 15 is 0 Å². The Kier molecular flexibility index (Phi) is 4.66. The molecule has 6 heteroatoms. The quantitative estimate of drug-likeness (QED) is 0.655. The summed E-state index contributed by atoms with van der Waals surface area (Å²) in [6.07, 6.45) is 2.92. The Bertz CT molecular complexity index is 553. The van der Waals surface area contributed by atoms with E-state index in [1.54, 1.807) is 6.07 Å². The minimum absolute atomic E-state index is 0.307. The van der Waals surface area contributed by atoms with E-state index in [4.69, 9.17) is 5.73 Å². The van der Waals surface area contributed by atoms with Gasteiger partial charge in [-0.25, -0.2) is 9.97 Å². The summed E-state index contributed by atoms with van der Waals surface area (Å²) in [5, 5.41) is 4.07. The molecule has 2 rings (SSSR count). The van der Waals surface area contributed by atoms with Crippen LogP contribution in [0.25, 0.3) is 0 Å². The van der Waals surface area contributed by atoms with Crippen molar-refractivity contribution < 1.29 is 0 Å². The number of rotatable bonds is 5. The molecular formula is C13H18N4S2. The van der Waals surface area contributed by atoms with Crippen molar-refractivity contribution in [3.8, 4) is 0 Å². The smallest absolute Gasteiger partial charge is 0.191 e. The van der Waals surface area contributed by atoms with E-state index in [-0.39, 0.29) is 0 Å². The predicted octanol–water partition coefficient (Wildman–Crippen LogP) is 3.19. The van der Waals surface area contributed by atoms with Crippen LogP contribution in [0.2, 0.25) is 0 Å². The van der Waals surface area contributed by atoms with Gasteiger partial charge in [0.25, 0.3) is 0 Å². The van der Waals surface area contributed by atoms with E-state index < -0.39 is 0 Å². The van der Waals surface area contributed by atoms with Gasteiger partial charge in [0.15, 0.2) is 5.16 Å². The van der Waals surface area contributed by atoms with Crippen molar-refractivity contribution in [1.29, 1.82) is 0 Å². The standard InChI is InChI=1S/C13H18N4S2/c1-8(6-10-5-4-9(2)19-10)15-12-7-11(14)16-13(17-12)18-3/h4-5,7-8H,6H2,1-3H3,(H3,14,15,16,17). The van der Waals surface area contributed by atoms with Gasteiger partial charge in [0.1, 0.15) is 11.6 Å². The second-order valence-corrected chi connectivity index (χ2v) is 6.57. The number of nitrogens with zero attached hydrogens (tertiary/aromatic N) is 2. The molecular weight excluding hydrogens is 276 g/mol. The molecule has 2 aromatic rings. The summed E-state index contributed by atoms with van der Waals surface area (Å²) in [4.78, 5) is 11.3. The topological polar surface area (TPSA) is 63.8 Å². The maximum atomic E-state index is 5.76. The number of hydrogen-bond acceptors (Lipinski definition) is 6. The molecule has 0 bridgehead atoms. The summed E-state index contributed by atoms with van der Waals surface area (Å²) in [5.41, 5.74) is 5.76. The lowest BCUT2D eigenvalue weighted by molar-refractivity contribution is 0.787. The van der Waals surface area contributed by atoms with Crippen molar-refractivity contribution in [2.24, 2.45) is 0 Å². The van der Waals surface area contributed by atoms with Gasteiger partial charge in [-0.1, -0.05) is 11.8 Å². The van der Waals surface area contributed by atoms with Crippen LogP contribution in [0, 0.1) is 6.92 Å². The lowest BCUT2D eigenvalue weighted by Gasteiger charge is -2.14. The van der Waals surface area contributed by atoms with Crippen LogP contribution in [0.3, 0.4) is 0 Å². The number of nitrogen functional groups attached to an aromatic ring is 1. The highest BCUT2D eigenvalue weighted by molar-refractivity contribution is 7.98. The summed E-state index contributed by atoms with van der Waals surface area (Å²) in [6, 6.07) is 6.42. The molecule has 0 fully saturated rings. The number of thiophene rings is 1. The number of nitrogens with one attached hydrogen (secondary N) is 1. The van der Waals surface area contributed by atoms with Gasteiger partial charge in [-0.2, -0.15) is 0 Å². The van der Waals surface area contributed by atoms with Gasteiger partial charge >= 0.3 is 0 Å². The molecule has 4 nitrogen and oxygen atoms in total. The van der Waals surface area contributed by atoms with Crippen molar-refractivity contribution >= 4 is 34.7 Å². The molecule has 3 N–H and O–H groups in total. The van der Waals surface area contributed by atoms with Crippen LogP contribution in [-0.2, 0) is 6.42 Å². The molecule has 0 aromatic carbocycles. The molecule has 0 aliphatic carbocycles. The molecule has 2 aromatic heterocycles. The van der Waals surface area contributed by atoms with E-state index in [1.807, 2.05) is 17.6 Å². The Hall–Kier alpha value is -1.27. The van der Waals surface area contributed by atoms with E-state index in [0.717, 1.165) is 12.2 Å². The molecule has 1 unspecified atom stereocenters. The first-order valence-corrected chi connectivity index (χ1v) is 8.11. The first-order valence-electron chi connectivity index (χ1n) is 6.07. The second-order valence-electron chi connectivity index (χ2n) is 4.43. The van der Waals surface area contributed by atoms with E-state index in [2.05, 4.69) is 41.3 Å². The van der Waals surface area contributed by atoms with Crippen LogP contribution in [-0.4, -0.2) is 22.3 Å². The number of aromatic nitrogens is 2. The minimum Gasteiger partial charge on any atom is -0.383 e. The summed E-state index contributed by atoms with van der Waals surface area (Å²) in [5.74, 6) is 1.29. The number of aryl methyl sites for hydroxylation is 1. The number of anilines is 2. The molecule has 0 aliphatic rings. The fourth-order valence-electron chi connectivity index (χ4n) is 1.81. The first kappa shape index (κ1) is 14.1. The highest BCUT2D eigenvalue weighted by Crippen LogP contribution is 2.19. The molecule has 0 saturated heterocycles. The summed E-state index contributed by atoms with van der Waals surface area (Å²) in [6.45, 7) is 4.27. The van der Waals surface area contributed by atoms with Crippen LogP contribution in [0.15, 0.2) is 23.4 Å². The predicted molar refractivity (Wildman–Crippen MR) is 84.1 cm³/mol. The zero-order valence-corrected chi connectivity index (χ0v) is 12.9. The molecule has 1 atom stereocenters. The van der Waals surface area contributed by atoms with E-state index in [0.29, 0.717) is 17.0 Å². The van der Waals surface area contributed by atoms with Crippen molar-refractivity contribution in [3.05, 3.63) is 28.0 Å². The Morgan fingerprint density at radius 2 is 2.21 bits per heavy atom. The fourth-order valence-corrected chi connectivity index (χ4v) is 3.21. The number of thioether (sulfide) groups is 1. The minimum atomic E-state index is 0.307. The third-order valence-corrected chi connectivity index (χ3v) is 4.18. The van der Waals surface area contributed by atoms with Gasteiger partial charge in [0.2, 0.25) is 0 Å². The van der Waals surface area contributed by atoms with Crippen molar-refractivity contribution in [1.82, 2.24) is 9.97 Å². The normalized spacial score (nSPS) is 12.4. The highest BCUT2D eigenvalue weighted by atomic mass is 32.2. The van der Waals surface area contributed by atoms with Gasteiger partial charge in [-0.05, 0) is 32.2 Å². The molecule has 2 heterocycles. The molecule has 0 aliphatic heterocycles. The lowest BCUT2D eigenvalue weighted by atomic mass is 10.2. The molecule has 0 radical (unpaired) electrons. The van der Waals surface area contributed by atoms with Gasteiger partial charge in [0.05, 0.1) is 0 Å². The number of hydrogen-bond donors (Lipinski definition) is 2. The summed E-state index contributed by atoms with van der Waals surface area (Å²) >= 11 is 3.33. The average molecular weight is 294 g/mol. The van der Waals surface area contributed by atoms with Crippen LogP contribution in [0.1, 0.15) is 16.7 Å². The van der Waals surface area contributed by atoms with Gasteiger partial charge in [-0.3, -0.25) is 0 Å². The van der Waals surface area contributed by atoms with E-state index in [1.165, 1.54) is 21.5 Å². The Morgan fingerprint density at radius 3 is 2.84 bits per heavy atom. The van der Waals surface area contributed by atoms with Gasteiger partial charge in [0, 0.05) is 28.3 Å². The van der Waals surface area contributed by atoms with Crippen LogP contribution in [0.5, 0.6) is 0 Å². The van der Waals surface area contributed by atoms with Crippen LogP contribution < -0.4 is 11.1 Å². The van der Waals surface area contributed by atoms with Crippen molar-refractivity contribution in [2.45, 2.75) is 31.5 Å². The SMILES string of the molecule is CSc1nc(N)cc(NC(C)Cc2ccc(C)s2)n1. The highest BCUT2D eigenvalue weighted by Gasteiger charge is 2.08. The van der Waals surface area contributed by atoms with Gasteiger partial charge in [-0.15, -0.1) is 11.3 Å². The molecule has 19 heavy (non-hydrogen) atoms. The zero-order chi connectivity index (χ0) is 13.8. The molecule has 102 valence electrons. The van der Waals surface area contributed by atoms with Crippen LogP contribution >= 0.6 is 23.1 Å². The lowest BCUT2D eigenvalue weighted by Crippen LogP contribution is -2.18. The molecule has 0 spiro atoms. The van der Waals surface area contributed by atoms with Gasteiger partial charge < -0.3 is 11.1 Å². The number of nitrogens with two attached hydrogens (primary N) is 1. The van der Waals surface area contributed by atoms with E-state index in [9.17, 15) is 0 Å². The average Bonchev–Trinajstić information content (AvgIpc) is 2.73. The van der Waals surface area contributed by atoms with Crippen LogP contribution in [0.4, 0.5) is 11.6 Å². The largest absolute Gasteiger partial charge is 0.383 e. The third kappa shape index (κ3) is 4.11. The zero-order valence-electron chi connectivity index (χ0n) is 11.3. The monoisotopic (exact) mass is 294 g/mol. The maximum Gasteiger partial charge on any atom is 0.191 e. The Balaban J connectivity index is 2.02.